The number of nitrogens with zero attached hydrogens (tertiary/aromatic N) is 2. The number of aryl methyl sites for hydroxylation is 1. The van der Waals surface area contributed by atoms with Crippen LogP contribution in [-0.4, -0.2) is 28.4 Å². The molecule has 3 aromatic rings. The monoisotopic (exact) mass is 425 g/mol. The molecule has 0 aliphatic rings. The van der Waals surface area contributed by atoms with Crippen LogP contribution in [0.15, 0.2) is 60.7 Å². The van der Waals surface area contributed by atoms with E-state index in [1.165, 1.54) is 12.1 Å². The summed E-state index contributed by atoms with van der Waals surface area (Å²) in [5.74, 6) is -1.39. The molecule has 0 radical (unpaired) electrons. The number of halogens is 1. The lowest BCUT2D eigenvalue weighted by molar-refractivity contribution is -0.384. The first-order valence-corrected chi connectivity index (χ1v) is 9.17. The fourth-order valence-corrected chi connectivity index (χ4v) is 2.83. The quantitative estimate of drug-likeness (QED) is 0.355. The number of carbonyl (C=O) groups excluding carboxylic acids is 2. The van der Waals surface area contributed by atoms with Gasteiger partial charge < -0.3 is 10.1 Å². The smallest absolute Gasteiger partial charge is 0.340 e. The predicted octanol–water partition coefficient (Wildman–Crippen LogP) is 4.41. The standard InChI is InChI=1S/C21H16ClN3O5/c1-13-16(8-10-18(23-13)14-5-3-2-4-6-14)21(27)30-12-20(26)24-19-11-15(25(28)29)7-9-17(19)22/h2-11H,12H2,1H3,(H,24,26). The topological polar surface area (TPSA) is 111 Å². The van der Waals surface area contributed by atoms with E-state index in [0.29, 0.717) is 11.4 Å². The lowest BCUT2D eigenvalue weighted by Gasteiger charge is -2.10. The molecule has 1 aromatic heterocycles. The molecule has 0 aliphatic carbocycles. The molecule has 1 amide bonds. The fraction of sp³-hybridized carbons (Fsp3) is 0.0952. The molecule has 0 spiro atoms. The Morgan fingerprint density at radius 2 is 1.87 bits per heavy atom. The summed E-state index contributed by atoms with van der Waals surface area (Å²) < 4.78 is 5.04. The summed E-state index contributed by atoms with van der Waals surface area (Å²) in [7, 11) is 0. The van der Waals surface area contributed by atoms with E-state index in [4.69, 9.17) is 16.3 Å². The first kappa shape index (κ1) is 20.9. The Balaban J connectivity index is 1.64. The third kappa shape index (κ3) is 4.98. The van der Waals surface area contributed by atoms with Crippen molar-refractivity contribution in [3.05, 3.63) is 87.1 Å². The van der Waals surface area contributed by atoms with E-state index < -0.39 is 23.4 Å². The van der Waals surface area contributed by atoms with Crippen molar-refractivity contribution >= 4 is 34.9 Å². The number of benzene rings is 2. The second-order valence-corrected chi connectivity index (χ2v) is 6.65. The molecule has 3 rings (SSSR count). The van der Waals surface area contributed by atoms with E-state index in [1.807, 2.05) is 30.3 Å². The number of ether oxygens (including phenoxy) is 1. The van der Waals surface area contributed by atoms with Crippen molar-refractivity contribution in [2.75, 3.05) is 11.9 Å². The molecule has 1 N–H and O–H groups in total. The predicted molar refractivity (Wildman–Crippen MR) is 111 cm³/mol. The van der Waals surface area contributed by atoms with Gasteiger partial charge in [0, 0.05) is 17.7 Å². The van der Waals surface area contributed by atoms with Crippen LogP contribution in [0.5, 0.6) is 0 Å². The van der Waals surface area contributed by atoms with E-state index in [9.17, 15) is 19.7 Å². The summed E-state index contributed by atoms with van der Waals surface area (Å²) in [4.78, 5) is 39.0. The largest absolute Gasteiger partial charge is 0.452 e. The number of amides is 1. The highest BCUT2D eigenvalue weighted by atomic mass is 35.5. The summed E-state index contributed by atoms with van der Waals surface area (Å²) in [5, 5.41) is 13.4. The third-order valence-corrected chi connectivity index (χ3v) is 4.47. The highest BCUT2D eigenvalue weighted by Crippen LogP contribution is 2.26. The van der Waals surface area contributed by atoms with Crippen LogP contribution in [0.25, 0.3) is 11.3 Å². The maximum Gasteiger partial charge on any atom is 0.340 e. The highest BCUT2D eigenvalue weighted by Gasteiger charge is 2.16. The third-order valence-electron chi connectivity index (χ3n) is 4.14. The molecule has 0 bridgehead atoms. The zero-order valence-electron chi connectivity index (χ0n) is 15.8. The van der Waals surface area contributed by atoms with Crippen LogP contribution in [0.4, 0.5) is 11.4 Å². The fourth-order valence-electron chi connectivity index (χ4n) is 2.66. The van der Waals surface area contributed by atoms with Crippen molar-refractivity contribution in [1.82, 2.24) is 4.98 Å². The number of pyridine rings is 1. The van der Waals surface area contributed by atoms with Crippen molar-refractivity contribution in [2.24, 2.45) is 0 Å². The lowest BCUT2D eigenvalue weighted by atomic mass is 10.1. The van der Waals surface area contributed by atoms with Crippen LogP contribution in [-0.2, 0) is 9.53 Å². The Kier molecular flexibility index (Phi) is 6.38. The number of nitro groups is 1. The number of hydrogen-bond donors (Lipinski definition) is 1. The van der Waals surface area contributed by atoms with Gasteiger partial charge in [-0.2, -0.15) is 0 Å². The van der Waals surface area contributed by atoms with Crippen LogP contribution >= 0.6 is 11.6 Å². The number of anilines is 1. The molecule has 0 atom stereocenters. The Bertz CT molecular complexity index is 1120. The number of nitro benzene ring substituents is 1. The molecule has 0 fully saturated rings. The maximum absolute atomic E-state index is 12.3. The average Bonchev–Trinajstić information content (AvgIpc) is 2.74. The molecule has 0 saturated heterocycles. The number of esters is 1. The summed E-state index contributed by atoms with van der Waals surface area (Å²) >= 11 is 5.94. The second-order valence-electron chi connectivity index (χ2n) is 6.24. The molecule has 30 heavy (non-hydrogen) atoms. The van der Waals surface area contributed by atoms with Crippen molar-refractivity contribution in [3.63, 3.8) is 0 Å². The molecule has 9 heteroatoms. The van der Waals surface area contributed by atoms with E-state index in [2.05, 4.69) is 10.3 Å². The molecular weight excluding hydrogens is 410 g/mol. The first-order valence-electron chi connectivity index (χ1n) is 8.79. The van der Waals surface area contributed by atoms with Gasteiger partial charge in [0.15, 0.2) is 6.61 Å². The lowest BCUT2D eigenvalue weighted by Crippen LogP contribution is -2.21. The van der Waals surface area contributed by atoms with Crippen molar-refractivity contribution in [3.8, 4) is 11.3 Å². The molecule has 8 nitrogen and oxygen atoms in total. The Morgan fingerprint density at radius 3 is 2.53 bits per heavy atom. The van der Waals surface area contributed by atoms with Crippen molar-refractivity contribution < 1.29 is 19.2 Å². The number of hydrogen-bond acceptors (Lipinski definition) is 6. The van der Waals surface area contributed by atoms with Crippen molar-refractivity contribution in [1.29, 1.82) is 0 Å². The molecule has 152 valence electrons. The van der Waals surface area contributed by atoms with Crippen LogP contribution in [0.3, 0.4) is 0 Å². The van der Waals surface area contributed by atoms with Gasteiger partial charge in [0.05, 0.1) is 32.6 Å². The summed E-state index contributed by atoms with van der Waals surface area (Å²) in [5.41, 5.74) is 2.14. The minimum atomic E-state index is -0.708. The van der Waals surface area contributed by atoms with Crippen LogP contribution in [0.1, 0.15) is 16.1 Å². The van der Waals surface area contributed by atoms with Gasteiger partial charge in [-0.15, -0.1) is 0 Å². The number of aromatic nitrogens is 1. The van der Waals surface area contributed by atoms with Gasteiger partial charge in [-0.3, -0.25) is 19.9 Å². The van der Waals surface area contributed by atoms with E-state index in [1.54, 1.807) is 19.1 Å². The van der Waals surface area contributed by atoms with Gasteiger partial charge in [-0.05, 0) is 25.1 Å². The van der Waals surface area contributed by atoms with Crippen molar-refractivity contribution in [2.45, 2.75) is 6.92 Å². The number of nitrogens with one attached hydrogen (secondary N) is 1. The Hall–Kier alpha value is -3.78. The summed E-state index contributed by atoms with van der Waals surface area (Å²) in [6.07, 6.45) is 0. The zero-order valence-corrected chi connectivity index (χ0v) is 16.6. The molecular formula is C21H16ClN3O5. The normalized spacial score (nSPS) is 10.3. The molecule has 0 aliphatic heterocycles. The van der Waals surface area contributed by atoms with Gasteiger partial charge in [0.25, 0.3) is 11.6 Å². The Labute approximate surface area is 176 Å². The van der Waals surface area contributed by atoms with E-state index >= 15 is 0 Å². The van der Waals surface area contributed by atoms with Crippen LogP contribution in [0.2, 0.25) is 5.02 Å². The van der Waals surface area contributed by atoms with Gasteiger partial charge >= 0.3 is 5.97 Å². The second kappa shape index (κ2) is 9.15. The van der Waals surface area contributed by atoms with Gasteiger partial charge in [-0.25, -0.2) is 4.79 Å². The zero-order chi connectivity index (χ0) is 21.7. The van der Waals surface area contributed by atoms with Gasteiger partial charge in [0.2, 0.25) is 0 Å². The number of carbonyl (C=O) groups is 2. The summed E-state index contributed by atoms with van der Waals surface area (Å²) in [6.45, 7) is 1.09. The first-order chi connectivity index (χ1) is 14.3. The molecule has 2 aromatic carbocycles. The number of rotatable bonds is 6. The highest BCUT2D eigenvalue weighted by molar-refractivity contribution is 6.33. The number of non-ortho nitro benzene ring substituents is 1. The minimum Gasteiger partial charge on any atom is -0.452 e. The SMILES string of the molecule is Cc1nc(-c2ccccc2)ccc1C(=O)OCC(=O)Nc1cc([N+](=O)[O-])ccc1Cl. The minimum absolute atomic E-state index is 0.0528. The van der Waals surface area contributed by atoms with Gasteiger partial charge in [-0.1, -0.05) is 41.9 Å². The van der Waals surface area contributed by atoms with Crippen LogP contribution in [0, 0.1) is 17.0 Å². The van der Waals surface area contributed by atoms with Crippen LogP contribution < -0.4 is 5.32 Å². The van der Waals surface area contributed by atoms with Gasteiger partial charge in [0.1, 0.15) is 0 Å². The summed E-state index contributed by atoms with van der Waals surface area (Å²) in [6, 6.07) is 16.4. The Morgan fingerprint density at radius 1 is 1.13 bits per heavy atom. The molecule has 0 saturated carbocycles. The molecule has 0 unspecified atom stereocenters. The maximum atomic E-state index is 12.3. The van der Waals surface area contributed by atoms with E-state index in [0.717, 1.165) is 11.6 Å². The molecule has 1 heterocycles. The van der Waals surface area contributed by atoms with E-state index in [-0.39, 0.29) is 22.0 Å². The average molecular weight is 426 g/mol.